The molecule has 0 spiro atoms. The van der Waals surface area contributed by atoms with E-state index in [4.69, 9.17) is 0 Å². The molecule has 0 saturated carbocycles. The van der Waals surface area contributed by atoms with E-state index in [0.29, 0.717) is 0 Å². The van der Waals surface area contributed by atoms with Crippen molar-refractivity contribution in [3.05, 3.63) is 22.6 Å². The molecule has 7 heteroatoms. The first-order valence-corrected chi connectivity index (χ1v) is 7.75. The topological polar surface area (TPSA) is 17.8 Å². The molecule has 0 unspecified atom stereocenters. The molecule has 1 aromatic carbocycles. The summed E-state index contributed by atoms with van der Waals surface area (Å²) in [5.41, 5.74) is 1.94. The van der Waals surface area contributed by atoms with Crippen molar-refractivity contribution in [2.24, 2.45) is 7.05 Å². The number of rotatable bonds is 0. The van der Waals surface area contributed by atoms with Crippen molar-refractivity contribution in [2.75, 3.05) is 0 Å². The van der Waals surface area contributed by atoms with Gasteiger partial charge < -0.3 is 4.57 Å². The molecule has 0 amide bonds. The van der Waals surface area contributed by atoms with E-state index < -0.39 is 0 Å². The minimum absolute atomic E-state index is 0.795. The van der Waals surface area contributed by atoms with Crippen LogP contribution in [0.3, 0.4) is 0 Å². The zero-order valence-electron chi connectivity index (χ0n) is 7.28. The standard InChI is InChI=1S/C8H3Br5N2/c1-15-7-5(12)3(10)2(9)4(11)6(7)14-8(15)13/h1H3. The summed E-state index contributed by atoms with van der Waals surface area (Å²) in [6.45, 7) is 0. The molecule has 0 fully saturated rings. The molecule has 0 N–H and O–H groups in total. The largest absolute Gasteiger partial charge is 0.321 e. The van der Waals surface area contributed by atoms with Gasteiger partial charge in [-0.3, -0.25) is 0 Å². The van der Waals surface area contributed by atoms with Crippen LogP contribution in [-0.2, 0) is 7.05 Å². The fraction of sp³-hybridized carbons (Fsp3) is 0.125. The van der Waals surface area contributed by atoms with Gasteiger partial charge in [0.25, 0.3) is 0 Å². The number of aryl methyl sites for hydroxylation is 1. The summed E-state index contributed by atoms with van der Waals surface area (Å²) in [5.74, 6) is 0. The van der Waals surface area contributed by atoms with Gasteiger partial charge in [0.05, 0.1) is 14.5 Å². The Hall–Kier alpha value is 1.09. The highest BCUT2D eigenvalue weighted by atomic mass is 79.9. The average molecular weight is 527 g/mol. The number of aromatic nitrogens is 2. The maximum Gasteiger partial charge on any atom is 0.177 e. The highest BCUT2D eigenvalue weighted by Gasteiger charge is 2.18. The Bertz CT molecular complexity index is 560. The second-order valence-electron chi connectivity index (χ2n) is 2.89. The molecule has 80 valence electrons. The van der Waals surface area contributed by atoms with Crippen molar-refractivity contribution in [1.29, 1.82) is 0 Å². The lowest BCUT2D eigenvalue weighted by molar-refractivity contribution is 0.910. The van der Waals surface area contributed by atoms with Gasteiger partial charge in [0.1, 0.15) is 5.52 Å². The minimum Gasteiger partial charge on any atom is -0.321 e. The summed E-state index contributed by atoms with van der Waals surface area (Å²) < 4.78 is 6.61. The smallest absolute Gasteiger partial charge is 0.177 e. The lowest BCUT2D eigenvalue weighted by Gasteiger charge is -2.06. The van der Waals surface area contributed by atoms with Gasteiger partial charge in [-0.25, -0.2) is 4.98 Å². The molecule has 2 aromatic rings. The fourth-order valence-electron chi connectivity index (χ4n) is 1.28. The first kappa shape index (κ1) is 12.5. The second-order valence-corrected chi connectivity index (χ2v) is 6.77. The number of benzene rings is 1. The number of nitrogens with zero attached hydrogens (tertiary/aromatic N) is 2. The van der Waals surface area contributed by atoms with Crippen LogP contribution >= 0.6 is 79.6 Å². The van der Waals surface area contributed by atoms with Crippen LogP contribution in [0.1, 0.15) is 0 Å². The SMILES string of the molecule is Cn1c(Br)nc2c(Br)c(Br)c(Br)c(Br)c21. The Kier molecular flexibility index (Phi) is 3.68. The van der Waals surface area contributed by atoms with Crippen LogP contribution in [0.2, 0.25) is 0 Å². The van der Waals surface area contributed by atoms with Crippen molar-refractivity contribution in [2.45, 2.75) is 0 Å². The Morgan fingerprint density at radius 3 is 2.00 bits per heavy atom. The molecule has 15 heavy (non-hydrogen) atoms. The maximum atomic E-state index is 4.43. The van der Waals surface area contributed by atoms with Crippen LogP contribution in [0.4, 0.5) is 0 Å². The molecule has 0 radical (unpaired) electrons. The average Bonchev–Trinajstić information content (AvgIpc) is 2.50. The van der Waals surface area contributed by atoms with Crippen LogP contribution in [-0.4, -0.2) is 9.55 Å². The molecular weight excluding hydrogens is 524 g/mol. The summed E-state index contributed by atoms with van der Waals surface area (Å²) in [6, 6.07) is 0. The number of fused-ring (bicyclic) bond motifs is 1. The predicted molar refractivity (Wildman–Crippen MR) is 79.2 cm³/mol. The second kappa shape index (κ2) is 4.40. The highest BCUT2D eigenvalue weighted by Crippen LogP contribution is 2.43. The fourth-order valence-corrected chi connectivity index (χ4v) is 4.06. The summed E-state index contributed by atoms with van der Waals surface area (Å²) in [5, 5.41) is 0. The van der Waals surface area contributed by atoms with Gasteiger partial charge in [0.15, 0.2) is 4.73 Å². The third-order valence-electron chi connectivity index (χ3n) is 2.03. The third kappa shape index (κ3) is 1.88. The van der Waals surface area contributed by atoms with Crippen LogP contribution in [0, 0.1) is 0 Å². The Balaban J connectivity index is 3.07. The van der Waals surface area contributed by atoms with Crippen LogP contribution in [0.5, 0.6) is 0 Å². The van der Waals surface area contributed by atoms with Crippen LogP contribution in [0.25, 0.3) is 11.0 Å². The van der Waals surface area contributed by atoms with E-state index in [1.54, 1.807) is 0 Å². The maximum absolute atomic E-state index is 4.43. The summed E-state index contributed by atoms with van der Waals surface area (Å²) in [6.07, 6.45) is 0. The van der Waals surface area contributed by atoms with E-state index in [2.05, 4.69) is 84.6 Å². The molecule has 0 atom stereocenters. The summed E-state index contributed by atoms with van der Waals surface area (Å²) in [7, 11) is 1.96. The lowest BCUT2D eigenvalue weighted by Crippen LogP contribution is -1.89. The number of hydrogen-bond donors (Lipinski definition) is 0. The normalized spacial score (nSPS) is 11.3. The first-order valence-electron chi connectivity index (χ1n) is 3.79. The van der Waals surface area contributed by atoms with Crippen LogP contribution in [0.15, 0.2) is 22.6 Å². The Morgan fingerprint density at radius 2 is 1.40 bits per heavy atom. The number of halogens is 5. The molecule has 0 saturated heterocycles. The van der Waals surface area contributed by atoms with Crippen molar-refractivity contribution < 1.29 is 0 Å². The van der Waals surface area contributed by atoms with E-state index in [9.17, 15) is 0 Å². The molecule has 0 aliphatic rings. The molecule has 1 heterocycles. The van der Waals surface area contributed by atoms with Gasteiger partial charge in [-0.05, 0) is 79.6 Å². The molecular formula is C8H3Br5N2. The highest BCUT2D eigenvalue weighted by molar-refractivity contribution is 9.15. The zero-order valence-corrected chi connectivity index (χ0v) is 15.2. The zero-order chi connectivity index (χ0) is 11.3. The number of hydrogen-bond acceptors (Lipinski definition) is 1. The molecule has 1 aromatic heterocycles. The summed E-state index contributed by atoms with van der Waals surface area (Å²) >= 11 is 17.5. The van der Waals surface area contributed by atoms with Crippen molar-refractivity contribution in [1.82, 2.24) is 9.55 Å². The van der Waals surface area contributed by atoms with Crippen LogP contribution < -0.4 is 0 Å². The molecule has 2 rings (SSSR count). The molecule has 0 aliphatic carbocycles. The quantitative estimate of drug-likeness (QED) is 0.333. The Morgan fingerprint density at radius 1 is 0.867 bits per heavy atom. The van der Waals surface area contributed by atoms with E-state index in [-0.39, 0.29) is 0 Å². The van der Waals surface area contributed by atoms with Gasteiger partial charge in [-0.2, -0.15) is 0 Å². The van der Waals surface area contributed by atoms with Crippen molar-refractivity contribution in [3.8, 4) is 0 Å². The molecule has 2 nitrogen and oxygen atoms in total. The third-order valence-corrected chi connectivity index (χ3v) is 7.47. The van der Waals surface area contributed by atoms with E-state index in [1.807, 2.05) is 11.6 Å². The van der Waals surface area contributed by atoms with E-state index >= 15 is 0 Å². The van der Waals surface area contributed by atoms with Crippen molar-refractivity contribution in [3.63, 3.8) is 0 Å². The van der Waals surface area contributed by atoms with Crippen molar-refractivity contribution >= 4 is 90.7 Å². The number of imidazole rings is 1. The predicted octanol–water partition coefficient (Wildman–Crippen LogP) is 5.39. The minimum atomic E-state index is 0.795. The van der Waals surface area contributed by atoms with Gasteiger partial charge in [-0.15, -0.1) is 0 Å². The Labute approximate surface area is 128 Å². The monoisotopic (exact) mass is 522 g/mol. The van der Waals surface area contributed by atoms with E-state index in [0.717, 1.165) is 33.7 Å². The van der Waals surface area contributed by atoms with Gasteiger partial charge in [-0.1, -0.05) is 0 Å². The molecule has 0 bridgehead atoms. The van der Waals surface area contributed by atoms with Gasteiger partial charge in [0, 0.05) is 16.0 Å². The van der Waals surface area contributed by atoms with Gasteiger partial charge >= 0.3 is 0 Å². The molecule has 0 aliphatic heterocycles. The lowest BCUT2D eigenvalue weighted by atomic mass is 10.3. The first-order chi connectivity index (χ1) is 6.95. The van der Waals surface area contributed by atoms with E-state index in [1.165, 1.54) is 0 Å². The van der Waals surface area contributed by atoms with Gasteiger partial charge in [0.2, 0.25) is 0 Å². The summed E-state index contributed by atoms with van der Waals surface area (Å²) in [4.78, 5) is 4.43.